The topological polar surface area (TPSA) is 72.5 Å². The van der Waals surface area contributed by atoms with Gasteiger partial charge in [0.25, 0.3) is 5.56 Å². The van der Waals surface area contributed by atoms with E-state index >= 15 is 0 Å². The first-order valence-electron chi connectivity index (χ1n) is 8.02. The van der Waals surface area contributed by atoms with Crippen LogP contribution in [0.3, 0.4) is 0 Å². The summed E-state index contributed by atoms with van der Waals surface area (Å²) in [6, 6.07) is 9.38. The summed E-state index contributed by atoms with van der Waals surface area (Å²) in [4.78, 5) is 26.5. The van der Waals surface area contributed by atoms with Crippen molar-refractivity contribution in [2.75, 3.05) is 13.1 Å². The monoisotopic (exact) mass is 403 g/mol. The molecule has 1 amide bonds. The van der Waals surface area contributed by atoms with Crippen molar-refractivity contribution < 1.29 is 4.79 Å². The molecule has 0 saturated carbocycles. The summed E-state index contributed by atoms with van der Waals surface area (Å²) in [7, 11) is 0. The molecule has 2 aromatic heterocycles. The van der Waals surface area contributed by atoms with Crippen molar-refractivity contribution in [3.63, 3.8) is 0 Å². The number of amides is 1. The highest BCUT2D eigenvalue weighted by molar-refractivity contribution is 9.10. The van der Waals surface area contributed by atoms with Crippen LogP contribution in [-0.4, -0.2) is 43.3 Å². The average Bonchev–Trinajstić information content (AvgIpc) is 3.04. The normalized spacial score (nSPS) is 11.0. The lowest BCUT2D eigenvalue weighted by Gasteiger charge is -2.18. The molecule has 0 N–H and O–H groups in total. The Bertz CT molecular complexity index is 957. The van der Waals surface area contributed by atoms with Crippen LogP contribution in [0.25, 0.3) is 16.8 Å². The van der Waals surface area contributed by atoms with Gasteiger partial charge in [0.1, 0.15) is 18.4 Å². The van der Waals surface area contributed by atoms with Crippen molar-refractivity contribution in [1.82, 2.24) is 24.3 Å². The van der Waals surface area contributed by atoms with Crippen LogP contribution in [0.5, 0.6) is 0 Å². The minimum atomic E-state index is -0.334. The minimum absolute atomic E-state index is 0.0736. The van der Waals surface area contributed by atoms with Crippen LogP contribution in [0, 0.1) is 0 Å². The van der Waals surface area contributed by atoms with Crippen molar-refractivity contribution in [2.45, 2.75) is 20.4 Å². The Morgan fingerprint density at radius 2 is 1.88 bits per heavy atom. The lowest BCUT2D eigenvalue weighted by molar-refractivity contribution is -0.131. The number of hydrogen-bond acceptors (Lipinski definition) is 4. The highest BCUT2D eigenvalue weighted by Gasteiger charge is 2.15. The molecule has 0 bridgehead atoms. The maximum atomic E-state index is 12.6. The Morgan fingerprint density at radius 1 is 1.20 bits per heavy atom. The van der Waals surface area contributed by atoms with Crippen LogP contribution in [0.15, 0.2) is 45.9 Å². The first-order chi connectivity index (χ1) is 12.0. The van der Waals surface area contributed by atoms with E-state index in [2.05, 4.69) is 26.1 Å². The molecular weight excluding hydrogens is 386 g/mol. The maximum absolute atomic E-state index is 12.6. The summed E-state index contributed by atoms with van der Waals surface area (Å²) in [5.41, 5.74) is 1.63. The molecule has 0 aliphatic heterocycles. The molecule has 8 heteroatoms. The van der Waals surface area contributed by atoms with Gasteiger partial charge in [0.15, 0.2) is 0 Å². The van der Waals surface area contributed by atoms with Crippen LogP contribution in [0.2, 0.25) is 0 Å². The van der Waals surface area contributed by atoms with Gasteiger partial charge in [-0.3, -0.25) is 9.59 Å². The zero-order valence-electron chi connectivity index (χ0n) is 14.0. The summed E-state index contributed by atoms with van der Waals surface area (Å²) < 4.78 is 3.60. The Morgan fingerprint density at radius 3 is 2.52 bits per heavy atom. The van der Waals surface area contributed by atoms with E-state index in [-0.39, 0.29) is 18.0 Å². The van der Waals surface area contributed by atoms with Gasteiger partial charge in [-0.05, 0) is 32.0 Å². The number of likely N-dealkylation sites (N-methyl/N-ethyl adjacent to an activating group) is 1. The molecule has 0 saturated heterocycles. The van der Waals surface area contributed by atoms with Crippen LogP contribution in [0.1, 0.15) is 13.8 Å². The van der Waals surface area contributed by atoms with Crippen LogP contribution >= 0.6 is 15.9 Å². The lowest BCUT2D eigenvalue weighted by atomic mass is 10.1. The highest BCUT2D eigenvalue weighted by Crippen LogP contribution is 2.20. The van der Waals surface area contributed by atoms with Gasteiger partial charge in [-0.2, -0.15) is 10.2 Å². The highest BCUT2D eigenvalue weighted by atomic mass is 79.9. The van der Waals surface area contributed by atoms with E-state index in [9.17, 15) is 9.59 Å². The number of aromatic nitrogens is 4. The first kappa shape index (κ1) is 17.3. The zero-order valence-corrected chi connectivity index (χ0v) is 15.6. The van der Waals surface area contributed by atoms with Crippen LogP contribution < -0.4 is 5.56 Å². The molecule has 2 heterocycles. The Hall–Kier alpha value is -2.48. The first-order valence-corrected chi connectivity index (χ1v) is 8.82. The largest absolute Gasteiger partial charge is 0.342 e. The zero-order chi connectivity index (χ0) is 18.0. The molecule has 0 aliphatic carbocycles. The molecule has 0 aliphatic rings. The van der Waals surface area contributed by atoms with Crippen molar-refractivity contribution in [1.29, 1.82) is 0 Å². The van der Waals surface area contributed by atoms with Crippen LogP contribution in [0.4, 0.5) is 0 Å². The number of halogens is 1. The van der Waals surface area contributed by atoms with Crippen molar-refractivity contribution >= 4 is 27.4 Å². The fourth-order valence-electron chi connectivity index (χ4n) is 2.62. The SMILES string of the molecule is CCN(CC)C(=O)Cn1ncn2nc(-c3ccc(Br)cc3)cc2c1=O. The summed E-state index contributed by atoms with van der Waals surface area (Å²) in [6.45, 7) is 4.94. The van der Waals surface area contributed by atoms with E-state index in [4.69, 9.17) is 0 Å². The van der Waals surface area contributed by atoms with E-state index in [0.29, 0.717) is 24.3 Å². The van der Waals surface area contributed by atoms with Crippen LogP contribution in [-0.2, 0) is 11.3 Å². The third-order valence-corrected chi connectivity index (χ3v) is 4.56. The van der Waals surface area contributed by atoms with Gasteiger partial charge in [0.2, 0.25) is 5.91 Å². The van der Waals surface area contributed by atoms with Crippen molar-refractivity contribution in [2.24, 2.45) is 0 Å². The van der Waals surface area contributed by atoms with Crippen molar-refractivity contribution in [3.8, 4) is 11.3 Å². The predicted octanol–water partition coefficient (Wildman–Crippen LogP) is 2.19. The number of benzene rings is 1. The average molecular weight is 404 g/mol. The molecule has 1 aromatic carbocycles. The maximum Gasteiger partial charge on any atom is 0.293 e. The number of nitrogens with zero attached hydrogens (tertiary/aromatic N) is 5. The predicted molar refractivity (Wildman–Crippen MR) is 98.3 cm³/mol. The van der Waals surface area contributed by atoms with Gasteiger partial charge in [0, 0.05) is 23.1 Å². The second-order valence-corrected chi connectivity index (χ2v) is 6.44. The number of rotatable bonds is 5. The Labute approximate surface area is 153 Å². The third kappa shape index (κ3) is 3.48. The van der Waals surface area contributed by atoms with E-state index in [0.717, 1.165) is 10.0 Å². The fourth-order valence-corrected chi connectivity index (χ4v) is 2.88. The molecule has 0 atom stereocenters. The molecule has 0 spiro atoms. The summed E-state index contributed by atoms with van der Waals surface area (Å²) in [6.07, 6.45) is 1.45. The van der Waals surface area contributed by atoms with Gasteiger partial charge >= 0.3 is 0 Å². The minimum Gasteiger partial charge on any atom is -0.342 e. The van der Waals surface area contributed by atoms with E-state index in [1.165, 1.54) is 15.5 Å². The molecule has 3 aromatic rings. The third-order valence-electron chi connectivity index (χ3n) is 4.03. The van der Waals surface area contributed by atoms with Gasteiger partial charge in [0.05, 0.1) is 5.69 Å². The quantitative estimate of drug-likeness (QED) is 0.654. The molecule has 0 fully saturated rings. The lowest BCUT2D eigenvalue weighted by Crippen LogP contribution is -2.37. The summed E-state index contributed by atoms with van der Waals surface area (Å²) in [5, 5.41) is 8.46. The molecule has 3 rings (SSSR count). The van der Waals surface area contributed by atoms with E-state index < -0.39 is 0 Å². The number of carbonyl (C=O) groups excluding carboxylic acids is 1. The summed E-state index contributed by atoms with van der Waals surface area (Å²) in [5.74, 6) is -0.128. The Balaban J connectivity index is 1.96. The fraction of sp³-hybridized carbons (Fsp3) is 0.294. The number of hydrogen-bond donors (Lipinski definition) is 0. The molecule has 0 radical (unpaired) electrons. The Kier molecular flexibility index (Phi) is 4.98. The second kappa shape index (κ2) is 7.18. The number of fused-ring (bicyclic) bond motifs is 1. The van der Waals surface area contributed by atoms with Gasteiger partial charge in [-0.25, -0.2) is 9.20 Å². The number of carbonyl (C=O) groups is 1. The van der Waals surface area contributed by atoms with E-state index in [1.807, 2.05) is 38.1 Å². The van der Waals surface area contributed by atoms with Crippen molar-refractivity contribution in [3.05, 3.63) is 51.5 Å². The second-order valence-electron chi connectivity index (χ2n) is 5.53. The van der Waals surface area contributed by atoms with Gasteiger partial charge in [-0.1, -0.05) is 28.1 Å². The molecular formula is C17H18BrN5O2. The van der Waals surface area contributed by atoms with Gasteiger partial charge in [-0.15, -0.1) is 0 Å². The molecule has 130 valence electrons. The summed E-state index contributed by atoms with van der Waals surface area (Å²) >= 11 is 3.40. The standard InChI is InChI=1S/C17H18BrN5O2/c1-3-21(4-2)16(24)10-22-17(25)15-9-14(20-23(15)11-19-22)12-5-7-13(18)8-6-12/h5-9,11H,3-4,10H2,1-2H3. The van der Waals surface area contributed by atoms with Gasteiger partial charge < -0.3 is 4.90 Å². The molecule has 25 heavy (non-hydrogen) atoms. The molecule has 7 nitrogen and oxygen atoms in total. The smallest absolute Gasteiger partial charge is 0.293 e. The molecule has 0 unspecified atom stereocenters. The van der Waals surface area contributed by atoms with E-state index in [1.54, 1.807) is 11.0 Å².